The van der Waals surface area contributed by atoms with Crippen LogP contribution in [0, 0.1) is 0 Å². The van der Waals surface area contributed by atoms with Crippen molar-refractivity contribution < 1.29 is 0 Å². The van der Waals surface area contributed by atoms with E-state index in [1.54, 1.807) is 0 Å². The quantitative estimate of drug-likeness (QED) is 0.791. The van der Waals surface area contributed by atoms with E-state index in [1.165, 1.54) is 47.8 Å². The fraction of sp³-hybridized carbons (Fsp3) is 0.429. The van der Waals surface area contributed by atoms with Crippen LogP contribution in [0.25, 0.3) is 10.9 Å². The summed E-state index contributed by atoms with van der Waals surface area (Å²) in [6.45, 7) is 0.625. The van der Waals surface area contributed by atoms with Gasteiger partial charge in [-0.3, -0.25) is 0 Å². The number of aromatic nitrogens is 1. The molecule has 0 atom stereocenters. The van der Waals surface area contributed by atoms with Crippen molar-refractivity contribution in [1.29, 1.82) is 0 Å². The van der Waals surface area contributed by atoms with Gasteiger partial charge in [-0.25, -0.2) is 0 Å². The van der Waals surface area contributed by atoms with Gasteiger partial charge in [-0.2, -0.15) is 0 Å². The van der Waals surface area contributed by atoms with Crippen LogP contribution in [0.4, 0.5) is 0 Å². The lowest BCUT2D eigenvalue weighted by Gasteiger charge is -2.04. The van der Waals surface area contributed by atoms with Crippen LogP contribution in [-0.4, -0.2) is 4.98 Å². The number of hydrogen-bond acceptors (Lipinski definition) is 1. The Morgan fingerprint density at radius 2 is 2.00 bits per heavy atom. The van der Waals surface area contributed by atoms with Crippen LogP contribution < -0.4 is 5.73 Å². The highest BCUT2D eigenvalue weighted by Crippen LogP contribution is 2.35. The molecular formula is C14H18N2. The molecular weight excluding hydrogens is 196 g/mol. The standard InChI is InChI=1S/C14H18N2/c15-9-10-5-6-13-12(7-10)8-14(16-13)11-3-1-2-4-11/h5-8,11,16H,1-4,9,15H2. The van der Waals surface area contributed by atoms with Crippen LogP contribution in [0.2, 0.25) is 0 Å². The van der Waals surface area contributed by atoms with Crippen molar-refractivity contribution in [3.05, 3.63) is 35.5 Å². The summed E-state index contributed by atoms with van der Waals surface area (Å²) in [5.74, 6) is 0.758. The molecule has 16 heavy (non-hydrogen) atoms. The van der Waals surface area contributed by atoms with Gasteiger partial charge in [0.1, 0.15) is 0 Å². The molecule has 0 bridgehead atoms. The summed E-state index contributed by atoms with van der Waals surface area (Å²) in [5, 5.41) is 1.31. The van der Waals surface area contributed by atoms with E-state index in [9.17, 15) is 0 Å². The number of fused-ring (bicyclic) bond motifs is 1. The monoisotopic (exact) mass is 214 g/mol. The maximum absolute atomic E-state index is 5.66. The normalized spacial score (nSPS) is 17.3. The first-order valence-electron chi connectivity index (χ1n) is 6.18. The Morgan fingerprint density at radius 1 is 1.19 bits per heavy atom. The molecule has 2 heteroatoms. The van der Waals surface area contributed by atoms with Gasteiger partial charge in [-0.15, -0.1) is 0 Å². The first kappa shape index (κ1) is 9.91. The van der Waals surface area contributed by atoms with Crippen molar-refractivity contribution >= 4 is 10.9 Å². The van der Waals surface area contributed by atoms with Gasteiger partial charge in [0.15, 0.2) is 0 Å². The molecule has 0 aliphatic heterocycles. The van der Waals surface area contributed by atoms with Gasteiger partial charge in [-0.1, -0.05) is 18.9 Å². The summed E-state index contributed by atoms with van der Waals surface area (Å²) in [7, 11) is 0. The molecule has 2 aromatic rings. The van der Waals surface area contributed by atoms with Crippen LogP contribution in [-0.2, 0) is 6.54 Å². The van der Waals surface area contributed by atoms with Crippen molar-refractivity contribution in [2.75, 3.05) is 0 Å². The Hall–Kier alpha value is -1.28. The van der Waals surface area contributed by atoms with Crippen molar-refractivity contribution in [3.63, 3.8) is 0 Å². The average Bonchev–Trinajstić information content (AvgIpc) is 2.96. The smallest absolute Gasteiger partial charge is 0.0456 e. The van der Waals surface area contributed by atoms with Crippen molar-refractivity contribution in [2.45, 2.75) is 38.1 Å². The number of H-pyrrole nitrogens is 1. The summed E-state index contributed by atoms with van der Waals surface area (Å²) in [6, 6.07) is 8.77. The third-order valence-corrected chi connectivity index (χ3v) is 3.74. The fourth-order valence-corrected chi connectivity index (χ4v) is 2.79. The highest BCUT2D eigenvalue weighted by atomic mass is 14.7. The second-order valence-electron chi connectivity index (χ2n) is 4.83. The summed E-state index contributed by atoms with van der Waals surface area (Å²) in [4.78, 5) is 3.55. The number of hydrogen-bond donors (Lipinski definition) is 2. The third kappa shape index (κ3) is 1.63. The largest absolute Gasteiger partial charge is 0.358 e. The summed E-state index contributed by atoms with van der Waals surface area (Å²) < 4.78 is 0. The lowest BCUT2D eigenvalue weighted by Crippen LogP contribution is -1.94. The lowest BCUT2D eigenvalue weighted by molar-refractivity contribution is 0.705. The molecule has 0 spiro atoms. The Bertz CT molecular complexity index is 492. The third-order valence-electron chi connectivity index (χ3n) is 3.74. The molecule has 1 aliphatic rings. The number of aromatic amines is 1. The van der Waals surface area contributed by atoms with E-state index in [-0.39, 0.29) is 0 Å². The topological polar surface area (TPSA) is 41.8 Å². The molecule has 1 fully saturated rings. The summed E-state index contributed by atoms with van der Waals surface area (Å²) >= 11 is 0. The van der Waals surface area contributed by atoms with Crippen LogP contribution in [0.3, 0.4) is 0 Å². The van der Waals surface area contributed by atoms with E-state index in [0.29, 0.717) is 6.54 Å². The van der Waals surface area contributed by atoms with Gasteiger partial charge in [0, 0.05) is 17.8 Å². The predicted octanol–water partition coefficient (Wildman–Crippen LogP) is 3.28. The lowest BCUT2D eigenvalue weighted by atomic mass is 10.0. The van der Waals surface area contributed by atoms with Gasteiger partial charge in [0.2, 0.25) is 0 Å². The van der Waals surface area contributed by atoms with E-state index >= 15 is 0 Å². The van der Waals surface area contributed by atoms with E-state index in [4.69, 9.17) is 5.73 Å². The summed E-state index contributed by atoms with van der Waals surface area (Å²) in [6.07, 6.45) is 5.45. The zero-order chi connectivity index (χ0) is 11.0. The van der Waals surface area contributed by atoms with E-state index in [2.05, 4.69) is 29.2 Å². The molecule has 1 aliphatic carbocycles. The first-order valence-corrected chi connectivity index (χ1v) is 6.18. The molecule has 84 valence electrons. The van der Waals surface area contributed by atoms with Crippen molar-refractivity contribution in [2.24, 2.45) is 5.73 Å². The van der Waals surface area contributed by atoms with Gasteiger partial charge >= 0.3 is 0 Å². The molecule has 0 radical (unpaired) electrons. The average molecular weight is 214 g/mol. The van der Waals surface area contributed by atoms with E-state index < -0.39 is 0 Å². The van der Waals surface area contributed by atoms with Crippen LogP contribution in [0.15, 0.2) is 24.3 Å². The zero-order valence-corrected chi connectivity index (χ0v) is 9.50. The highest BCUT2D eigenvalue weighted by Gasteiger charge is 2.18. The number of nitrogens with one attached hydrogen (secondary N) is 1. The van der Waals surface area contributed by atoms with Crippen LogP contribution in [0.5, 0.6) is 0 Å². The maximum atomic E-state index is 5.66. The number of rotatable bonds is 2. The number of benzene rings is 1. The van der Waals surface area contributed by atoms with Crippen molar-refractivity contribution in [1.82, 2.24) is 4.98 Å². The van der Waals surface area contributed by atoms with Crippen molar-refractivity contribution in [3.8, 4) is 0 Å². The molecule has 0 amide bonds. The van der Waals surface area contributed by atoms with Gasteiger partial charge in [0.05, 0.1) is 0 Å². The predicted molar refractivity (Wildman–Crippen MR) is 67.4 cm³/mol. The fourth-order valence-electron chi connectivity index (χ4n) is 2.79. The van der Waals surface area contributed by atoms with E-state index in [0.717, 1.165) is 5.92 Å². The SMILES string of the molecule is NCc1ccc2[nH]c(C3CCCC3)cc2c1. The Labute approximate surface area is 95.8 Å². The van der Waals surface area contributed by atoms with Gasteiger partial charge in [0.25, 0.3) is 0 Å². The van der Waals surface area contributed by atoms with Crippen LogP contribution in [0.1, 0.15) is 42.9 Å². The molecule has 0 saturated heterocycles. The minimum Gasteiger partial charge on any atom is -0.358 e. The number of nitrogens with two attached hydrogens (primary N) is 1. The summed E-state index contributed by atoms with van der Waals surface area (Å²) in [5.41, 5.74) is 9.54. The Morgan fingerprint density at radius 3 is 2.75 bits per heavy atom. The molecule has 0 unspecified atom stereocenters. The molecule has 2 nitrogen and oxygen atoms in total. The second-order valence-corrected chi connectivity index (χ2v) is 4.83. The second kappa shape index (κ2) is 3.95. The zero-order valence-electron chi connectivity index (χ0n) is 9.50. The molecule has 1 aromatic carbocycles. The van der Waals surface area contributed by atoms with E-state index in [1.807, 2.05) is 0 Å². The molecule has 3 rings (SSSR count). The van der Waals surface area contributed by atoms with Gasteiger partial charge in [-0.05, 0) is 47.9 Å². The minimum absolute atomic E-state index is 0.625. The molecule has 1 heterocycles. The van der Waals surface area contributed by atoms with Crippen LogP contribution >= 0.6 is 0 Å². The molecule has 1 saturated carbocycles. The van der Waals surface area contributed by atoms with Gasteiger partial charge < -0.3 is 10.7 Å². The maximum Gasteiger partial charge on any atom is 0.0456 e. The Kier molecular flexibility index (Phi) is 2.44. The molecule has 3 N–H and O–H groups in total. The Balaban J connectivity index is 2.01. The minimum atomic E-state index is 0.625. The molecule has 1 aromatic heterocycles. The highest BCUT2D eigenvalue weighted by molar-refractivity contribution is 5.81. The first-order chi connectivity index (χ1) is 7.86.